The van der Waals surface area contributed by atoms with E-state index in [0.29, 0.717) is 5.41 Å². The summed E-state index contributed by atoms with van der Waals surface area (Å²) in [5.74, 6) is -10.4. The largest absolute Gasteiger partial charge is 0.312 e. The molecule has 1 heterocycles. The van der Waals surface area contributed by atoms with E-state index >= 15 is 0 Å². The number of hydrogen-bond acceptors (Lipinski definition) is 3. The van der Waals surface area contributed by atoms with Gasteiger partial charge < -0.3 is 4.90 Å². The highest BCUT2D eigenvalue weighted by molar-refractivity contribution is 7.92. The zero-order valence-corrected chi connectivity index (χ0v) is 14.2. The van der Waals surface area contributed by atoms with Crippen molar-refractivity contribution in [3.8, 4) is 0 Å². The first-order chi connectivity index (χ1) is 12.7. The van der Waals surface area contributed by atoms with Crippen molar-refractivity contribution in [3.05, 3.63) is 83.2 Å². The van der Waals surface area contributed by atoms with Crippen LogP contribution < -0.4 is 9.62 Å². The number of halogens is 5. The van der Waals surface area contributed by atoms with Crippen LogP contribution in [-0.2, 0) is 10.0 Å². The van der Waals surface area contributed by atoms with E-state index in [4.69, 9.17) is 0 Å². The summed E-state index contributed by atoms with van der Waals surface area (Å²) < 4.78 is 94.5. The Morgan fingerprint density at radius 1 is 0.963 bits per heavy atom. The third kappa shape index (κ3) is 3.21. The monoisotopic (exact) mass is 402 g/mol. The molecular weight excluding hydrogens is 391 g/mol. The summed E-state index contributed by atoms with van der Waals surface area (Å²) in [6.45, 7) is 3.16. The Morgan fingerprint density at radius 3 is 2.11 bits per heavy atom. The molecule has 142 valence electrons. The van der Waals surface area contributed by atoms with Gasteiger partial charge in [0.1, 0.15) is 5.69 Å². The lowest BCUT2D eigenvalue weighted by molar-refractivity contribution is 0.380. The summed E-state index contributed by atoms with van der Waals surface area (Å²) in [7, 11) is -3.85. The molecule has 3 rings (SSSR count). The molecule has 4 nitrogen and oxygen atoms in total. The maximum absolute atomic E-state index is 14.2. The molecule has 0 aliphatic carbocycles. The summed E-state index contributed by atoms with van der Waals surface area (Å²) in [5.41, 5.74) is -0.880. The van der Waals surface area contributed by atoms with Gasteiger partial charge in [0, 0.05) is 11.6 Å². The molecule has 10 heteroatoms. The fourth-order valence-electron chi connectivity index (χ4n) is 2.65. The van der Waals surface area contributed by atoms with Crippen LogP contribution in [0.1, 0.15) is 11.6 Å². The molecule has 0 spiro atoms. The van der Waals surface area contributed by atoms with Crippen molar-refractivity contribution in [3.63, 3.8) is 0 Å². The van der Waals surface area contributed by atoms with E-state index < -0.39 is 50.8 Å². The number of hydrogen-bond donors (Lipinski definition) is 1. The maximum atomic E-state index is 14.2. The Labute approximate surface area is 151 Å². The smallest absolute Gasteiger partial charge is 0.233 e. The van der Waals surface area contributed by atoms with Crippen molar-refractivity contribution in [1.82, 2.24) is 4.72 Å². The predicted molar refractivity (Wildman–Crippen MR) is 88.9 cm³/mol. The van der Waals surface area contributed by atoms with Gasteiger partial charge in [-0.15, -0.1) is 0 Å². The number of nitrogens with one attached hydrogen (secondary N) is 1. The first-order valence-electron chi connectivity index (χ1n) is 7.40. The van der Waals surface area contributed by atoms with Gasteiger partial charge in [0.2, 0.25) is 15.8 Å². The standard InChI is InChI=1S/C17H11F5N2O2S/c1-2-27(25,26)23-10-7-8-24(11-6-4-3-5-9(10)11)17-15(21)13(19)12(18)14(20)16(17)22/h2-8,10,23H,1H2. The van der Waals surface area contributed by atoms with Gasteiger partial charge >= 0.3 is 0 Å². The molecule has 2 aromatic carbocycles. The van der Waals surface area contributed by atoms with Gasteiger partial charge in [0.15, 0.2) is 23.3 Å². The molecular formula is C17H11F5N2O2S. The highest BCUT2D eigenvalue weighted by atomic mass is 32.2. The maximum Gasteiger partial charge on any atom is 0.233 e. The summed E-state index contributed by atoms with van der Waals surface area (Å²) >= 11 is 0. The van der Waals surface area contributed by atoms with Gasteiger partial charge in [0.05, 0.1) is 11.7 Å². The Kier molecular flexibility index (Phi) is 4.79. The lowest BCUT2D eigenvalue weighted by Gasteiger charge is -2.31. The Morgan fingerprint density at radius 2 is 1.52 bits per heavy atom. The third-order valence-electron chi connectivity index (χ3n) is 3.90. The minimum atomic E-state index is -3.85. The van der Waals surface area contributed by atoms with Crippen molar-refractivity contribution in [2.45, 2.75) is 6.04 Å². The van der Waals surface area contributed by atoms with Crippen LogP contribution in [0.15, 0.2) is 48.5 Å². The van der Waals surface area contributed by atoms with Crippen LogP contribution in [0.2, 0.25) is 0 Å². The second kappa shape index (κ2) is 6.78. The van der Waals surface area contributed by atoms with Crippen LogP contribution in [0.5, 0.6) is 0 Å². The van der Waals surface area contributed by atoms with Gasteiger partial charge in [-0.2, -0.15) is 0 Å². The van der Waals surface area contributed by atoms with Crippen LogP contribution in [-0.4, -0.2) is 8.42 Å². The minimum absolute atomic E-state index is 0.0416. The average molecular weight is 402 g/mol. The second-order valence-electron chi connectivity index (χ2n) is 5.50. The van der Waals surface area contributed by atoms with E-state index in [9.17, 15) is 30.4 Å². The van der Waals surface area contributed by atoms with E-state index in [-0.39, 0.29) is 11.3 Å². The van der Waals surface area contributed by atoms with Gasteiger partial charge in [-0.25, -0.2) is 35.1 Å². The van der Waals surface area contributed by atoms with Crippen molar-refractivity contribution >= 4 is 21.4 Å². The quantitative estimate of drug-likeness (QED) is 0.475. The first kappa shape index (κ1) is 19.1. The zero-order chi connectivity index (χ0) is 19.9. The van der Waals surface area contributed by atoms with Gasteiger partial charge in [-0.1, -0.05) is 24.8 Å². The van der Waals surface area contributed by atoms with Crippen LogP contribution in [0, 0.1) is 29.1 Å². The van der Waals surface area contributed by atoms with Gasteiger partial charge in [-0.3, -0.25) is 0 Å². The molecule has 1 aliphatic heterocycles. The van der Waals surface area contributed by atoms with Crippen molar-refractivity contribution < 1.29 is 30.4 Å². The molecule has 2 aromatic rings. The van der Waals surface area contributed by atoms with Crippen LogP contribution in [0.4, 0.5) is 33.3 Å². The predicted octanol–water partition coefficient (Wildman–Crippen LogP) is 4.15. The molecule has 0 saturated carbocycles. The highest BCUT2D eigenvalue weighted by Crippen LogP contribution is 2.41. The average Bonchev–Trinajstić information content (AvgIpc) is 2.66. The van der Waals surface area contributed by atoms with Crippen molar-refractivity contribution in [2.24, 2.45) is 0 Å². The Bertz CT molecular complexity index is 1040. The number of sulfonamides is 1. The summed E-state index contributed by atoms with van der Waals surface area (Å²) in [6, 6.07) is 4.88. The van der Waals surface area contributed by atoms with E-state index in [2.05, 4.69) is 11.3 Å². The van der Waals surface area contributed by atoms with Crippen molar-refractivity contribution in [2.75, 3.05) is 4.90 Å². The van der Waals surface area contributed by atoms with Crippen LogP contribution >= 0.6 is 0 Å². The number of anilines is 2. The number of para-hydroxylation sites is 1. The highest BCUT2D eigenvalue weighted by Gasteiger charge is 2.32. The van der Waals surface area contributed by atoms with Gasteiger partial charge in [0.25, 0.3) is 0 Å². The molecule has 27 heavy (non-hydrogen) atoms. The molecule has 1 aliphatic rings. The number of fused-ring (bicyclic) bond motifs is 1. The molecule has 0 aromatic heterocycles. The zero-order valence-electron chi connectivity index (χ0n) is 13.4. The molecule has 1 unspecified atom stereocenters. The van der Waals surface area contributed by atoms with E-state index in [0.717, 1.165) is 11.1 Å². The number of rotatable bonds is 4. The Hall–Kier alpha value is -2.72. The molecule has 0 radical (unpaired) electrons. The van der Waals surface area contributed by atoms with E-state index in [1.807, 2.05) is 0 Å². The molecule has 1 atom stereocenters. The SMILES string of the molecule is C=CS(=O)(=O)NC1C=CN(c2c(F)c(F)c(F)c(F)c2F)c2ccccc21. The molecule has 0 bridgehead atoms. The normalized spacial score (nSPS) is 16.3. The molecule has 1 N–H and O–H groups in total. The summed E-state index contributed by atoms with van der Waals surface area (Å²) in [6.07, 6.45) is 2.23. The van der Waals surface area contributed by atoms with Crippen LogP contribution in [0.25, 0.3) is 0 Å². The molecule has 0 fully saturated rings. The topological polar surface area (TPSA) is 49.4 Å². The van der Waals surface area contributed by atoms with Gasteiger partial charge in [-0.05, 0) is 17.7 Å². The van der Waals surface area contributed by atoms with Crippen molar-refractivity contribution in [1.29, 1.82) is 0 Å². The minimum Gasteiger partial charge on any atom is -0.312 e. The second-order valence-corrected chi connectivity index (χ2v) is 7.16. The molecule has 0 saturated heterocycles. The van der Waals surface area contributed by atoms with E-state index in [1.54, 1.807) is 0 Å². The Balaban J connectivity index is 2.18. The third-order valence-corrected chi connectivity index (χ3v) is 4.92. The first-order valence-corrected chi connectivity index (χ1v) is 8.95. The van der Waals surface area contributed by atoms with Crippen LogP contribution in [0.3, 0.4) is 0 Å². The summed E-state index contributed by atoms with van der Waals surface area (Å²) in [4.78, 5) is 0.768. The van der Waals surface area contributed by atoms with E-state index in [1.165, 1.54) is 30.3 Å². The lowest BCUT2D eigenvalue weighted by atomic mass is 10.0. The fraction of sp³-hybridized carbons (Fsp3) is 0.0588. The lowest BCUT2D eigenvalue weighted by Crippen LogP contribution is -2.30. The molecule has 0 amide bonds. The summed E-state index contributed by atoms with van der Waals surface area (Å²) in [5, 5.41) is 0.680. The number of nitrogens with zero attached hydrogens (tertiary/aromatic N) is 1. The fourth-order valence-corrected chi connectivity index (χ4v) is 3.31. The number of benzene rings is 2.